The third-order valence-corrected chi connectivity index (χ3v) is 4.35. The minimum atomic E-state index is -0.0151. The first-order chi connectivity index (χ1) is 11.1. The molecule has 1 amide bonds. The molecule has 0 unspecified atom stereocenters. The molecule has 2 rings (SSSR count). The van der Waals surface area contributed by atoms with Crippen LogP contribution in [0.5, 0.6) is 0 Å². The summed E-state index contributed by atoms with van der Waals surface area (Å²) in [6, 6.07) is 8.28. The molecule has 0 bridgehead atoms. The molecule has 0 spiro atoms. The quantitative estimate of drug-likeness (QED) is 0.596. The zero-order valence-corrected chi connectivity index (χ0v) is 14.6. The lowest BCUT2D eigenvalue weighted by atomic mass is 10.0. The molecule has 124 valence electrons. The Labute approximate surface area is 141 Å². The fraction of sp³-hybridized carbons (Fsp3) is 0.412. The molecule has 0 saturated carbocycles. The number of thioether (sulfide) groups is 1. The van der Waals surface area contributed by atoms with E-state index < -0.39 is 0 Å². The molecule has 0 aliphatic heterocycles. The predicted octanol–water partition coefficient (Wildman–Crippen LogP) is 2.85. The van der Waals surface area contributed by atoms with Crippen LogP contribution in [-0.2, 0) is 9.53 Å². The molecule has 2 aromatic rings. The number of rotatable bonds is 8. The van der Waals surface area contributed by atoms with Gasteiger partial charge in [-0.1, -0.05) is 43.8 Å². The van der Waals surface area contributed by atoms with E-state index in [9.17, 15) is 4.79 Å². The van der Waals surface area contributed by atoms with Crippen molar-refractivity contribution >= 4 is 17.7 Å². The van der Waals surface area contributed by atoms with Crippen molar-refractivity contribution in [1.29, 1.82) is 0 Å². The molecule has 0 saturated heterocycles. The number of imidazole rings is 1. The third-order valence-electron chi connectivity index (χ3n) is 3.39. The molecule has 1 N–H and O–H groups in total. The summed E-state index contributed by atoms with van der Waals surface area (Å²) in [5.41, 5.74) is 2.37. The predicted molar refractivity (Wildman–Crippen MR) is 93.3 cm³/mol. The van der Waals surface area contributed by atoms with Crippen LogP contribution in [-0.4, -0.2) is 41.5 Å². The number of nitrogens with one attached hydrogen (secondary N) is 1. The lowest BCUT2D eigenvalue weighted by molar-refractivity contribution is -0.118. The van der Waals surface area contributed by atoms with Crippen molar-refractivity contribution in [3.63, 3.8) is 0 Å². The third kappa shape index (κ3) is 4.84. The Morgan fingerprint density at radius 2 is 2.17 bits per heavy atom. The van der Waals surface area contributed by atoms with Gasteiger partial charge in [0.25, 0.3) is 0 Å². The van der Waals surface area contributed by atoms with E-state index in [0.29, 0.717) is 24.8 Å². The van der Waals surface area contributed by atoms with Gasteiger partial charge < -0.3 is 10.1 Å². The highest BCUT2D eigenvalue weighted by molar-refractivity contribution is 7.99. The highest BCUT2D eigenvalue weighted by Gasteiger charge is 2.13. The van der Waals surface area contributed by atoms with Gasteiger partial charge in [0.05, 0.1) is 18.0 Å². The molecule has 0 fully saturated rings. The number of carbonyl (C=O) groups is 1. The summed E-state index contributed by atoms with van der Waals surface area (Å²) in [6.07, 6.45) is 3.70. The minimum Gasteiger partial charge on any atom is -0.383 e. The van der Waals surface area contributed by atoms with Crippen molar-refractivity contribution in [2.75, 3.05) is 26.0 Å². The maximum Gasteiger partial charge on any atom is 0.230 e. The standard InChI is InChI=1S/C17H23N3O2S/c1-13(2)14-6-4-5-7-15(14)20-10-8-19-17(20)23-12-16(21)18-9-11-22-3/h4-8,10,13H,9,11-12H2,1-3H3,(H,18,21). The highest BCUT2D eigenvalue weighted by atomic mass is 32.2. The molecule has 0 atom stereocenters. The lowest BCUT2D eigenvalue weighted by Gasteiger charge is -2.15. The van der Waals surface area contributed by atoms with Crippen LogP contribution in [0.1, 0.15) is 25.3 Å². The van der Waals surface area contributed by atoms with Crippen LogP contribution < -0.4 is 5.32 Å². The number of ether oxygens (including phenoxy) is 1. The van der Waals surface area contributed by atoms with Crippen LogP contribution in [0.15, 0.2) is 41.8 Å². The number of nitrogens with zero attached hydrogens (tertiary/aromatic N) is 2. The first-order valence-electron chi connectivity index (χ1n) is 7.64. The van der Waals surface area contributed by atoms with E-state index in [-0.39, 0.29) is 5.91 Å². The van der Waals surface area contributed by atoms with Crippen LogP contribution in [0.3, 0.4) is 0 Å². The van der Waals surface area contributed by atoms with Gasteiger partial charge in [0.2, 0.25) is 5.91 Å². The van der Waals surface area contributed by atoms with Gasteiger partial charge in [-0.05, 0) is 17.5 Å². The van der Waals surface area contributed by atoms with Crippen LogP contribution in [0.25, 0.3) is 5.69 Å². The Balaban J connectivity index is 2.07. The summed E-state index contributed by atoms with van der Waals surface area (Å²) >= 11 is 1.43. The molecule has 1 aromatic heterocycles. The fourth-order valence-corrected chi connectivity index (χ4v) is 3.04. The molecule has 0 aliphatic rings. The van der Waals surface area contributed by atoms with Crippen molar-refractivity contribution in [1.82, 2.24) is 14.9 Å². The molecular weight excluding hydrogens is 310 g/mol. The molecular formula is C17H23N3O2S. The van der Waals surface area contributed by atoms with E-state index in [4.69, 9.17) is 4.74 Å². The second-order valence-electron chi connectivity index (χ2n) is 5.42. The van der Waals surface area contributed by atoms with Crippen LogP contribution in [0.4, 0.5) is 0 Å². The Morgan fingerprint density at radius 3 is 2.91 bits per heavy atom. The molecule has 5 nitrogen and oxygen atoms in total. The molecule has 6 heteroatoms. The summed E-state index contributed by atoms with van der Waals surface area (Å²) in [5, 5.41) is 3.63. The van der Waals surface area contributed by atoms with Crippen LogP contribution in [0.2, 0.25) is 0 Å². The van der Waals surface area contributed by atoms with Crippen LogP contribution >= 0.6 is 11.8 Å². The van der Waals surface area contributed by atoms with Crippen molar-refractivity contribution in [2.45, 2.75) is 24.9 Å². The summed E-state index contributed by atoms with van der Waals surface area (Å²) in [5.74, 6) is 0.743. The van der Waals surface area contributed by atoms with Gasteiger partial charge in [0, 0.05) is 26.0 Å². The minimum absolute atomic E-state index is 0.0151. The molecule has 1 heterocycles. The normalized spacial score (nSPS) is 11.0. The van der Waals surface area contributed by atoms with E-state index in [1.165, 1.54) is 17.3 Å². The topological polar surface area (TPSA) is 56.1 Å². The van der Waals surface area contributed by atoms with Gasteiger partial charge in [0.15, 0.2) is 5.16 Å². The van der Waals surface area contributed by atoms with Crippen LogP contribution in [0, 0.1) is 0 Å². The summed E-state index contributed by atoms with van der Waals surface area (Å²) in [7, 11) is 1.61. The Bertz CT molecular complexity index is 640. The van der Waals surface area contributed by atoms with Gasteiger partial charge >= 0.3 is 0 Å². The van der Waals surface area contributed by atoms with Gasteiger partial charge in [-0.3, -0.25) is 9.36 Å². The zero-order valence-electron chi connectivity index (χ0n) is 13.8. The van der Waals surface area contributed by atoms with E-state index in [1.807, 2.05) is 22.9 Å². The lowest BCUT2D eigenvalue weighted by Crippen LogP contribution is -2.28. The van der Waals surface area contributed by atoms with E-state index >= 15 is 0 Å². The van der Waals surface area contributed by atoms with Crippen molar-refractivity contribution in [3.8, 4) is 5.69 Å². The average molecular weight is 333 g/mol. The number of aromatic nitrogens is 2. The molecule has 23 heavy (non-hydrogen) atoms. The summed E-state index contributed by atoms with van der Waals surface area (Å²) < 4.78 is 6.96. The summed E-state index contributed by atoms with van der Waals surface area (Å²) in [4.78, 5) is 16.2. The maximum absolute atomic E-state index is 11.8. The highest BCUT2D eigenvalue weighted by Crippen LogP contribution is 2.26. The number of amides is 1. The first-order valence-corrected chi connectivity index (χ1v) is 8.63. The summed E-state index contributed by atoms with van der Waals surface area (Å²) in [6.45, 7) is 5.39. The number of carbonyl (C=O) groups excluding carboxylic acids is 1. The number of benzene rings is 1. The second-order valence-corrected chi connectivity index (χ2v) is 6.37. The van der Waals surface area contributed by atoms with Gasteiger partial charge in [-0.25, -0.2) is 4.98 Å². The first kappa shape index (κ1) is 17.6. The largest absolute Gasteiger partial charge is 0.383 e. The zero-order chi connectivity index (χ0) is 16.7. The molecule has 0 radical (unpaired) electrons. The monoisotopic (exact) mass is 333 g/mol. The van der Waals surface area contributed by atoms with E-state index in [2.05, 4.69) is 36.3 Å². The number of hydrogen-bond donors (Lipinski definition) is 1. The fourth-order valence-electron chi connectivity index (χ4n) is 2.25. The Hall–Kier alpha value is -1.79. The molecule has 0 aliphatic carbocycles. The second kappa shape index (κ2) is 8.74. The smallest absolute Gasteiger partial charge is 0.230 e. The number of methoxy groups -OCH3 is 1. The van der Waals surface area contributed by atoms with Crippen molar-refractivity contribution < 1.29 is 9.53 Å². The van der Waals surface area contributed by atoms with Gasteiger partial charge in [0.1, 0.15) is 0 Å². The number of para-hydroxylation sites is 1. The maximum atomic E-state index is 11.8. The number of hydrogen-bond acceptors (Lipinski definition) is 4. The van der Waals surface area contributed by atoms with Crippen molar-refractivity contribution in [2.24, 2.45) is 0 Å². The SMILES string of the molecule is COCCNC(=O)CSc1nccn1-c1ccccc1C(C)C. The van der Waals surface area contributed by atoms with Gasteiger partial charge in [-0.2, -0.15) is 0 Å². The van der Waals surface area contributed by atoms with Gasteiger partial charge in [-0.15, -0.1) is 0 Å². The van der Waals surface area contributed by atoms with Crippen molar-refractivity contribution in [3.05, 3.63) is 42.2 Å². The Morgan fingerprint density at radius 1 is 1.39 bits per heavy atom. The van der Waals surface area contributed by atoms with E-state index in [0.717, 1.165) is 10.8 Å². The average Bonchev–Trinajstić information content (AvgIpc) is 3.01. The molecule has 1 aromatic carbocycles. The van der Waals surface area contributed by atoms with E-state index in [1.54, 1.807) is 13.3 Å². The Kier molecular flexibility index (Phi) is 6.67.